The Hall–Kier alpha value is -1.68. The highest BCUT2D eigenvalue weighted by atomic mass is 19.1. The summed E-state index contributed by atoms with van der Waals surface area (Å²) in [6, 6.07) is 7.02. The molecule has 0 fully saturated rings. The fourth-order valence-electron chi connectivity index (χ4n) is 2.95. The van der Waals surface area contributed by atoms with Crippen LogP contribution in [0.2, 0.25) is 0 Å². The monoisotopic (exact) mass is 289 g/mol. The number of rotatable bonds is 5. The summed E-state index contributed by atoms with van der Waals surface area (Å²) in [6.45, 7) is 11.4. The number of benzene rings is 1. The first kappa shape index (κ1) is 15.7. The molecule has 0 saturated carbocycles. The molecule has 21 heavy (non-hydrogen) atoms. The number of nitrogens with zero attached hydrogens (tertiary/aromatic N) is 2. The van der Waals surface area contributed by atoms with E-state index in [0.717, 1.165) is 17.8 Å². The quantitative estimate of drug-likeness (QED) is 0.899. The summed E-state index contributed by atoms with van der Waals surface area (Å²) in [5, 5.41) is 8.14. The Kier molecular flexibility index (Phi) is 4.78. The molecule has 0 radical (unpaired) electrons. The molecule has 2 rings (SSSR count). The van der Waals surface area contributed by atoms with Crippen molar-refractivity contribution in [3.63, 3.8) is 0 Å². The molecule has 2 unspecified atom stereocenters. The van der Waals surface area contributed by atoms with E-state index in [2.05, 4.69) is 45.0 Å². The highest BCUT2D eigenvalue weighted by Gasteiger charge is 2.19. The first-order chi connectivity index (χ1) is 9.93. The van der Waals surface area contributed by atoms with E-state index in [9.17, 15) is 4.39 Å². The van der Waals surface area contributed by atoms with Crippen LogP contribution in [-0.2, 0) is 6.54 Å². The van der Waals surface area contributed by atoms with Crippen LogP contribution in [0.25, 0.3) is 0 Å². The van der Waals surface area contributed by atoms with Crippen LogP contribution in [0, 0.1) is 19.7 Å². The molecule has 0 aliphatic carbocycles. The molecular weight excluding hydrogens is 265 g/mol. The molecule has 1 N–H and O–H groups in total. The third kappa shape index (κ3) is 3.32. The van der Waals surface area contributed by atoms with Crippen LogP contribution in [0.1, 0.15) is 55.4 Å². The molecule has 3 nitrogen and oxygen atoms in total. The van der Waals surface area contributed by atoms with E-state index in [0.29, 0.717) is 0 Å². The Bertz CT molecular complexity index is 601. The summed E-state index contributed by atoms with van der Waals surface area (Å²) in [4.78, 5) is 0. The molecule has 2 atom stereocenters. The van der Waals surface area contributed by atoms with Crippen LogP contribution < -0.4 is 5.32 Å². The van der Waals surface area contributed by atoms with Gasteiger partial charge in [0.1, 0.15) is 5.82 Å². The zero-order chi connectivity index (χ0) is 15.6. The van der Waals surface area contributed by atoms with Crippen molar-refractivity contribution in [1.29, 1.82) is 0 Å². The minimum atomic E-state index is -0.199. The molecule has 1 aromatic carbocycles. The Labute approximate surface area is 126 Å². The third-order valence-corrected chi connectivity index (χ3v) is 4.04. The lowest BCUT2D eigenvalue weighted by atomic mass is 10.0. The van der Waals surface area contributed by atoms with Crippen LogP contribution in [0.15, 0.2) is 24.3 Å². The second-order valence-electron chi connectivity index (χ2n) is 5.56. The van der Waals surface area contributed by atoms with Gasteiger partial charge in [-0.2, -0.15) is 5.10 Å². The molecule has 0 aliphatic rings. The topological polar surface area (TPSA) is 29.9 Å². The van der Waals surface area contributed by atoms with Gasteiger partial charge >= 0.3 is 0 Å². The molecule has 0 saturated heterocycles. The first-order valence-corrected chi connectivity index (χ1v) is 7.49. The minimum Gasteiger partial charge on any atom is -0.304 e. The van der Waals surface area contributed by atoms with Crippen molar-refractivity contribution in [2.75, 3.05) is 0 Å². The molecule has 114 valence electrons. The second kappa shape index (κ2) is 6.39. The third-order valence-electron chi connectivity index (χ3n) is 4.04. The number of hydrogen-bond donors (Lipinski definition) is 1. The molecule has 1 heterocycles. The van der Waals surface area contributed by atoms with Crippen molar-refractivity contribution < 1.29 is 4.39 Å². The first-order valence-electron chi connectivity index (χ1n) is 7.49. The summed E-state index contributed by atoms with van der Waals surface area (Å²) in [5.41, 5.74) is 4.62. The van der Waals surface area contributed by atoms with Gasteiger partial charge in [-0.15, -0.1) is 0 Å². The van der Waals surface area contributed by atoms with E-state index in [1.165, 1.54) is 23.4 Å². The number of aromatic nitrogens is 2. The van der Waals surface area contributed by atoms with Crippen molar-refractivity contribution in [3.05, 3.63) is 52.6 Å². The molecule has 0 aliphatic heterocycles. The normalized spacial score (nSPS) is 14.2. The highest BCUT2D eigenvalue weighted by Crippen LogP contribution is 2.24. The predicted molar refractivity (Wildman–Crippen MR) is 83.7 cm³/mol. The number of aryl methyl sites for hydroxylation is 2. The zero-order valence-electron chi connectivity index (χ0n) is 13.4. The van der Waals surface area contributed by atoms with Crippen molar-refractivity contribution >= 4 is 0 Å². The average Bonchev–Trinajstić information content (AvgIpc) is 2.73. The Morgan fingerprint density at radius 1 is 1.14 bits per heavy atom. The van der Waals surface area contributed by atoms with Gasteiger partial charge in [-0.25, -0.2) is 4.39 Å². The Morgan fingerprint density at radius 3 is 2.29 bits per heavy atom. The number of halogens is 1. The summed E-state index contributed by atoms with van der Waals surface area (Å²) < 4.78 is 15.0. The van der Waals surface area contributed by atoms with E-state index >= 15 is 0 Å². The summed E-state index contributed by atoms with van der Waals surface area (Å²) in [7, 11) is 0. The predicted octanol–water partition coefficient (Wildman–Crippen LogP) is 4.07. The molecule has 2 aromatic rings. The lowest BCUT2D eigenvalue weighted by molar-refractivity contribution is 0.490. The molecule has 0 bridgehead atoms. The Morgan fingerprint density at radius 2 is 1.76 bits per heavy atom. The Balaban J connectivity index is 2.16. The van der Waals surface area contributed by atoms with Crippen molar-refractivity contribution in [1.82, 2.24) is 15.1 Å². The second-order valence-corrected chi connectivity index (χ2v) is 5.56. The number of hydrogen-bond acceptors (Lipinski definition) is 2. The largest absolute Gasteiger partial charge is 0.304 e. The van der Waals surface area contributed by atoms with Crippen LogP contribution in [0.5, 0.6) is 0 Å². The smallest absolute Gasteiger partial charge is 0.123 e. The molecule has 0 amide bonds. The minimum absolute atomic E-state index is 0.157. The molecule has 0 spiro atoms. The van der Waals surface area contributed by atoms with Gasteiger partial charge < -0.3 is 5.32 Å². The summed E-state index contributed by atoms with van der Waals surface area (Å²) >= 11 is 0. The van der Waals surface area contributed by atoms with Crippen LogP contribution in [-0.4, -0.2) is 9.78 Å². The van der Waals surface area contributed by atoms with Gasteiger partial charge in [-0.3, -0.25) is 4.68 Å². The van der Waals surface area contributed by atoms with E-state index in [4.69, 9.17) is 0 Å². The SMILES string of the molecule is CCn1nc(C)c(C(C)NC(C)c2ccc(F)cc2)c1C. The maximum atomic E-state index is 13.0. The summed E-state index contributed by atoms with van der Waals surface area (Å²) in [6.07, 6.45) is 0. The number of nitrogens with one attached hydrogen (secondary N) is 1. The van der Waals surface area contributed by atoms with Crippen LogP contribution in [0.3, 0.4) is 0 Å². The van der Waals surface area contributed by atoms with Gasteiger partial charge in [-0.1, -0.05) is 12.1 Å². The molecule has 1 aromatic heterocycles. The van der Waals surface area contributed by atoms with Gasteiger partial charge in [-0.05, 0) is 52.3 Å². The zero-order valence-corrected chi connectivity index (χ0v) is 13.4. The fourth-order valence-corrected chi connectivity index (χ4v) is 2.95. The van der Waals surface area contributed by atoms with E-state index in [1.54, 1.807) is 0 Å². The van der Waals surface area contributed by atoms with Crippen molar-refractivity contribution in [2.24, 2.45) is 0 Å². The van der Waals surface area contributed by atoms with Crippen LogP contribution in [0.4, 0.5) is 4.39 Å². The summed E-state index contributed by atoms with van der Waals surface area (Å²) in [5.74, 6) is -0.199. The maximum absolute atomic E-state index is 13.0. The van der Waals surface area contributed by atoms with Gasteiger partial charge in [0.2, 0.25) is 0 Å². The molecule has 4 heteroatoms. The van der Waals surface area contributed by atoms with Gasteiger partial charge in [0.05, 0.1) is 5.69 Å². The van der Waals surface area contributed by atoms with E-state index < -0.39 is 0 Å². The maximum Gasteiger partial charge on any atom is 0.123 e. The standard InChI is InChI=1S/C17H24FN3/c1-6-21-14(5)17(13(4)20-21)12(3)19-11(2)15-7-9-16(18)10-8-15/h7-12,19H,6H2,1-5H3. The van der Waals surface area contributed by atoms with Crippen molar-refractivity contribution in [3.8, 4) is 0 Å². The van der Waals surface area contributed by atoms with Crippen molar-refractivity contribution in [2.45, 2.75) is 53.2 Å². The van der Waals surface area contributed by atoms with E-state index in [-0.39, 0.29) is 17.9 Å². The van der Waals surface area contributed by atoms with Gasteiger partial charge in [0.15, 0.2) is 0 Å². The van der Waals surface area contributed by atoms with Crippen LogP contribution >= 0.6 is 0 Å². The fraction of sp³-hybridized carbons (Fsp3) is 0.471. The lowest BCUT2D eigenvalue weighted by Gasteiger charge is -2.21. The van der Waals surface area contributed by atoms with E-state index in [1.807, 2.05) is 16.8 Å². The average molecular weight is 289 g/mol. The molecular formula is C17H24FN3. The van der Waals surface area contributed by atoms with Gasteiger partial charge in [0, 0.05) is 29.9 Å². The lowest BCUT2D eigenvalue weighted by Crippen LogP contribution is -2.23. The highest BCUT2D eigenvalue weighted by molar-refractivity contribution is 5.28. The van der Waals surface area contributed by atoms with Gasteiger partial charge in [0.25, 0.3) is 0 Å².